The fourth-order valence-electron chi connectivity index (χ4n) is 3.23. The number of carbonyl (C=O) groups is 2. The molecule has 0 bridgehead atoms. The zero-order valence-electron chi connectivity index (χ0n) is 18.9. The average molecular weight is 549 g/mol. The van der Waals surface area contributed by atoms with Crippen LogP contribution in [-0.4, -0.2) is 61.8 Å². The standard InChI is InChI=1S/C22H17ClN4O7S2/c1-32-13-6-4-5-12(10-13)20(29)34-17-15(23)8-11(9-16(17)33-2)7-14-18(24)27-21(25-19(14)28)35-26-22(27)36(3,30)31/h4-10,24H,1-3H3/b14-7-,24-18?. The summed E-state index contributed by atoms with van der Waals surface area (Å²) in [6.45, 7) is 0. The van der Waals surface area contributed by atoms with Crippen LogP contribution in [0.25, 0.3) is 6.08 Å². The molecule has 186 valence electrons. The number of hydrogen-bond acceptors (Lipinski definition) is 10. The van der Waals surface area contributed by atoms with Crippen molar-refractivity contribution in [2.75, 3.05) is 20.5 Å². The first kappa shape index (κ1) is 25.4. The molecule has 0 saturated heterocycles. The van der Waals surface area contributed by atoms with Crippen LogP contribution in [0.15, 0.2) is 51.4 Å². The Morgan fingerprint density at radius 3 is 2.61 bits per heavy atom. The number of esters is 1. The molecular formula is C22H17ClN4O7S2. The van der Waals surface area contributed by atoms with Crippen molar-refractivity contribution in [1.82, 2.24) is 4.90 Å². The van der Waals surface area contributed by atoms with Crippen molar-refractivity contribution >= 4 is 67.5 Å². The number of halogens is 1. The van der Waals surface area contributed by atoms with E-state index in [1.807, 2.05) is 0 Å². The van der Waals surface area contributed by atoms with Gasteiger partial charge in [-0.3, -0.25) is 10.2 Å². The molecule has 0 saturated carbocycles. The summed E-state index contributed by atoms with van der Waals surface area (Å²) >= 11 is 7.07. The number of amides is 1. The maximum absolute atomic E-state index is 12.6. The van der Waals surface area contributed by atoms with Crippen LogP contribution in [0.3, 0.4) is 0 Å². The largest absolute Gasteiger partial charge is 0.497 e. The first-order valence-electron chi connectivity index (χ1n) is 9.96. The molecule has 14 heteroatoms. The lowest BCUT2D eigenvalue weighted by atomic mass is 10.1. The number of carbonyl (C=O) groups excluding carboxylic acids is 2. The van der Waals surface area contributed by atoms with Crippen LogP contribution in [0, 0.1) is 5.41 Å². The minimum absolute atomic E-state index is 0.00783. The number of aliphatic imine (C=N–C) groups is 1. The number of rotatable bonds is 5. The fourth-order valence-corrected chi connectivity index (χ4v) is 5.33. The monoisotopic (exact) mass is 548 g/mol. The second-order valence-corrected chi connectivity index (χ2v) is 10.4. The molecule has 2 aliphatic rings. The van der Waals surface area contributed by atoms with E-state index < -0.39 is 32.7 Å². The summed E-state index contributed by atoms with van der Waals surface area (Å²) in [6.07, 6.45) is 2.24. The normalized spacial score (nSPS) is 16.4. The third-order valence-corrected chi connectivity index (χ3v) is 6.92. The van der Waals surface area contributed by atoms with Crippen LogP contribution in [-0.2, 0) is 14.6 Å². The second kappa shape index (κ2) is 9.76. The minimum Gasteiger partial charge on any atom is -0.497 e. The Kier molecular flexibility index (Phi) is 6.89. The molecule has 1 amide bonds. The first-order chi connectivity index (χ1) is 17.0. The number of hydrogen-bond donors (Lipinski definition) is 1. The van der Waals surface area contributed by atoms with E-state index in [1.54, 1.807) is 18.2 Å². The van der Waals surface area contributed by atoms with Gasteiger partial charge in [0.25, 0.3) is 5.91 Å². The van der Waals surface area contributed by atoms with Crippen molar-refractivity contribution in [1.29, 1.82) is 5.41 Å². The van der Waals surface area contributed by atoms with Crippen LogP contribution < -0.4 is 14.2 Å². The molecule has 36 heavy (non-hydrogen) atoms. The van der Waals surface area contributed by atoms with Crippen molar-refractivity contribution in [2.45, 2.75) is 0 Å². The van der Waals surface area contributed by atoms with Gasteiger partial charge in [0.2, 0.25) is 20.2 Å². The zero-order chi connectivity index (χ0) is 26.2. The lowest BCUT2D eigenvalue weighted by Crippen LogP contribution is -2.45. The molecule has 4 rings (SSSR count). The number of amidine groups is 3. The number of ether oxygens (including phenoxy) is 3. The van der Waals surface area contributed by atoms with Gasteiger partial charge >= 0.3 is 5.97 Å². The molecule has 0 atom stereocenters. The van der Waals surface area contributed by atoms with Crippen LogP contribution in [0.4, 0.5) is 0 Å². The van der Waals surface area contributed by atoms with E-state index >= 15 is 0 Å². The van der Waals surface area contributed by atoms with E-state index in [0.717, 1.165) is 11.2 Å². The highest BCUT2D eigenvalue weighted by molar-refractivity contribution is 8.16. The lowest BCUT2D eigenvalue weighted by Gasteiger charge is -2.23. The van der Waals surface area contributed by atoms with Gasteiger partial charge in [-0.2, -0.15) is 9.39 Å². The molecule has 2 aliphatic heterocycles. The SMILES string of the molecule is COc1cccc(C(=O)Oc2c(Cl)cc(/C=C3/C(=N)N4C(=NC3=O)SN=C4S(C)(=O)=O)cc2OC)c1. The van der Waals surface area contributed by atoms with E-state index in [0.29, 0.717) is 23.3 Å². The quantitative estimate of drug-likeness (QED) is 0.257. The van der Waals surface area contributed by atoms with Gasteiger partial charge in [0.15, 0.2) is 11.5 Å². The molecule has 2 aromatic carbocycles. The predicted molar refractivity (Wildman–Crippen MR) is 136 cm³/mol. The van der Waals surface area contributed by atoms with Gasteiger partial charge in [-0.05, 0) is 42.0 Å². The van der Waals surface area contributed by atoms with E-state index in [-0.39, 0.29) is 32.8 Å². The molecular weight excluding hydrogens is 532 g/mol. The van der Waals surface area contributed by atoms with Crippen molar-refractivity contribution in [3.63, 3.8) is 0 Å². The Morgan fingerprint density at radius 2 is 1.94 bits per heavy atom. The molecule has 2 aromatic rings. The first-order valence-corrected chi connectivity index (χ1v) is 13.0. The lowest BCUT2D eigenvalue weighted by molar-refractivity contribution is -0.114. The Morgan fingerprint density at radius 1 is 1.19 bits per heavy atom. The Balaban J connectivity index is 1.67. The summed E-state index contributed by atoms with van der Waals surface area (Å²) in [4.78, 5) is 30.1. The molecule has 1 N–H and O–H groups in total. The zero-order valence-corrected chi connectivity index (χ0v) is 21.3. The van der Waals surface area contributed by atoms with Crippen LogP contribution in [0.1, 0.15) is 15.9 Å². The third kappa shape index (κ3) is 4.85. The highest BCUT2D eigenvalue weighted by atomic mass is 35.5. The fraction of sp³-hybridized carbons (Fsp3) is 0.136. The van der Waals surface area contributed by atoms with Gasteiger partial charge in [0.05, 0.1) is 42.3 Å². The van der Waals surface area contributed by atoms with Crippen LogP contribution in [0.2, 0.25) is 5.02 Å². The van der Waals surface area contributed by atoms with Gasteiger partial charge in [-0.1, -0.05) is 17.7 Å². The number of fused-ring (bicyclic) bond motifs is 1. The Hall–Kier alpha value is -3.68. The molecule has 0 unspecified atom stereocenters. The topological polar surface area (TPSA) is 148 Å². The Labute approximate surface area is 215 Å². The maximum Gasteiger partial charge on any atom is 0.343 e. The van der Waals surface area contributed by atoms with Gasteiger partial charge < -0.3 is 14.2 Å². The van der Waals surface area contributed by atoms with Crippen LogP contribution >= 0.6 is 23.5 Å². The van der Waals surface area contributed by atoms with Gasteiger partial charge in [0.1, 0.15) is 11.6 Å². The summed E-state index contributed by atoms with van der Waals surface area (Å²) in [5.74, 6) is -1.38. The summed E-state index contributed by atoms with van der Waals surface area (Å²) in [5.41, 5.74) is 0.340. The Bertz CT molecular complexity index is 1520. The number of methoxy groups -OCH3 is 2. The van der Waals surface area contributed by atoms with Gasteiger partial charge in [-0.15, -0.1) is 0 Å². The molecule has 0 aromatic heterocycles. The third-order valence-electron chi connectivity index (χ3n) is 4.89. The maximum atomic E-state index is 12.6. The van der Waals surface area contributed by atoms with E-state index in [1.165, 1.54) is 38.5 Å². The average Bonchev–Trinajstić information content (AvgIpc) is 3.27. The summed E-state index contributed by atoms with van der Waals surface area (Å²) in [6, 6.07) is 9.19. The number of benzene rings is 2. The summed E-state index contributed by atoms with van der Waals surface area (Å²) in [7, 11) is -0.975. The number of sulfone groups is 1. The van der Waals surface area contributed by atoms with E-state index in [9.17, 15) is 18.0 Å². The highest BCUT2D eigenvalue weighted by Gasteiger charge is 2.41. The number of nitrogens with zero attached hydrogens (tertiary/aromatic N) is 3. The minimum atomic E-state index is -3.78. The van der Waals surface area contributed by atoms with Crippen LogP contribution in [0.5, 0.6) is 17.2 Å². The van der Waals surface area contributed by atoms with Gasteiger partial charge in [-0.25, -0.2) is 18.1 Å². The molecule has 0 spiro atoms. The summed E-state index contributed by atoms with van der Waals surface area (Å²) in [5, 5.41) is 8.00. The second-order valence-electron chi connectivity index (χ2n) is 7.33. The molecule has 0 radical (unpaired) electrons. The van der Waals surface area contributed by atoms with Crippen molar-refractivity contribution in [3.05, 3.63) is 58.1 Å². The smallest absolute Gasteiger partial charge is 0.343 e. The van der Waals surface area contributed by atoms with E-state index in [2.05, 4.69) is 9.39 Å². The van der Waals surface area contributed by atoms with Gasteiger partial charge in [0, 0.05) is 6.26 Å². The van der Waals surface area contributed by atoms with Crippen molar-refractivity contribution in [3.8, 4) is 17.2 Å². The predicted octanol–water partition coefficient (Wildman–Crippen LogP) is 3.20. The number of nitrogens with one attached hydrogen (secondary N) is 1. The highest BCUT2D eigenvalue weighted by Crippen LogP contribution is 2.38. The molecule has 2 heterocycles. The van der Waals surface area contributed by atoms with Crippen molar-refractivity contribution < 1.29 is 32.2 Å². The molecule has 0 fully saturated rings. The molecule has 11 nitrogen and oxygen atoms in total. The van der Waals surface area contributed by atoms with E-state index in [4.69, 9.17) is 31.2 Å². The van der Waals surface area contributed by atoms with Crippen molar-refractivity contribution in [2.24, 2.45) is 9.39 Å². The molecule has 0 aliphatic carbocycles. The summed E-state index contributed by atoms with van der Waals surface area (Å²) < 4.78 is 43.8.